The van der Waals surface area contributed by atoms with Gasteiger partial charge in [-0.15, -0.1) is 0 Å². The van der Waals surface area contributed by atoms with Crippen molar-refractivity contribution in [3.8, 4) is 0 Å². The third-order valence-corrected chi connectivity index (χ3v) is 4.77. The van der Waals surface area contributed by atoms with Gasteiger partial charge in [0.25, 0.3) is 11.5 Å². The lowest BCUT2D eigenvalue weighted by Gasteiger charge is -2.31. The first-order valence-electron chi connectivity index (χ1n) is 9.00. The topological polar surface area (TPSA) is 55.2 Å². The number of rotatable bonds is 5. The van der Waals surface area contributed by atoms with Crippen molar-refractivity contribution in [3.63, 3.8) is 0 Å². The predicted molar refractivity (Wildman–Crippen MR) is 103 cm³/mol. The second-order valence-corrected chi connectivity index (χ2v) is 6.37. The molecule has 1 atom stereocenters. The first-order valence-corrected chi connectivity index (χ1v) is 9.00. The van der Waals surface area contributed by atoms with Crippen LogP contribution in [0.5, 0.6) is 0 Å². The second kappa shape index (κ2) is 7.70. The molecule has 6 heteroatoms. The molecule has 0 radical (unpaired) electrons. The van der Waals surface area contributed by atoms with Crippen molar-refractivity contribution in [2.75, 3.05) is 6.54 Å². The molecule has 27 heavy (non-hydrogen) atoms. The predicted octanol–water partition coefficient (Wildman–Crippen LogP) is 3.69. The molecular weight excluding hydrogens is 345 g/mol. The molecule has 1 amide bonds. The second-order valence-electron chi connectivity index (χ2n) is 6.37. The van der Waals surface area contributed by atoms with Crippen molar-refractivity contribution < 1.29 is 9.18 Å². The van der Waals surface area contributed by atoms with Crippen molar-refractivity contribution in [2.24, 2.45) is 7.05 Å². The normalized spacial score (nSPS) is 12.1. The van der Waals surface area contributed by atoms with Crippen LogP contribution in [0.3, 0.4) is 0 Å². The van der Waals surface area contributed by atoms with Crippen LogP contribution in [0.2, 0.25) is 0 Å². The number of fused-ring (bicyclic) bond motifs is 1. The molecule has 0 saturated heterocycles. The van der Waals surface area contributed by atoms with Gasteiger partial charge in [0.05, 0.1) is 16.9 Å². The van der Waals surface area contributed by atoms with Crippen LogP contribution in [0, 0.1) is 5.82 Å². The van der Waals surface area contributed by atoms with E-state index in [0.717, 1.165) is 0 Å². The smallest absolute Gasteiger partial charge is 0.261 e. The molecule has 0 bridgehead atoms. The molecular formula is C21H22FN3O2. The van der Waals surface area contributed by atoms with E-state index in [9.17, 15) is 14.0 Å². The SMILES string of the molecule is CCC(c1nc2ccccc2c(=O)n1C)N(CC)C(=O)c1ccc(F)cc1. The number of carbonyl (C=O) groups excluding carboxylic acids is 1. The number of hydrogen-bond donors (Lipinski definition) is 0. The van der Waals surface area contributed by atoms with Crippen LogP contribution in [0.1, 0.15) is 42.5 Å². The molecule has 1 aromatic heterocycles. The maximum Gasteiger partial charge on any atom is 0.261 e. The van der Waals surface area contributed by atoms with Gasteiger partial charge in [-0.25, -0.2) is 9.37 Å². The van der Waals surface area contributed by atoms with Crippen LogP contribution in [-0.4, -0.2) is 26.9 Å². The first-order chi connectivity index (χ1) is 13.0. The molecule has 1 heterocycles. The molecule has 0 aliphatic heterocycles. The minimum atomic E-state index is -0.389. The molecule has 1 unspecified atom stereocenters. The summed E-state index contributed by atoms with van der Waals surface area (Å²) >= 11 is 0. The van der Waals surface area contributed by atoms with Crippen molar-refractivity contribution in [1.82, 2.24) is 14.5 Å². The lowest BCUT2D eigenvalue weighted by atomic mass is 10.1. The lowest BCUT2D eigenvalue weighted by molar-refractivity contribution is 0.0670. The van der Waals surface area contributed by atoms with E-state index in [1.54, 1.807) is 30.1 Å². The molecule has 0 aliphatic carbocycles. The third kappa shape index (κ3) is 3.47. The summed E-state index contributed by atoms with van der Waals surface area (Å²) in [6.07, 6.45) is 0.597. The largest absolute Gasteiger partial charge is 0.329 e. The molecule has 2 aromatic carbocycles. The minimum absolute atomic E-state index is 0.140. The fourth-order valence-corrected chi connectivity index (χ4v) is 3.34. The van der Waals surface area contributed by atoms with Crippen LogP contribution in [0.15, 0.2) is 53.3 Å². The molecule has 0 fully saturated rings. The molecule has 0 spiro atoms. The number of para-hydroxylation sites is 1. The number of halogens is 1. The Morgan fingerprint density at radius 3 is 2.44 bits per heavy atom. The molecule has 0 saturated carbocycles. The number of hydrogen-bond acceptors (Lipinski definition) is 3. The van der Waals surface area contributed by atoms with Gasteiger partial charge in [0.1, 0.15) is 11.6 Å². The Balaban J connectivity index is 2.08. The fraction of sp³-hybridized carbons (Fsp3) is 0.286. The highest BCUT2D eigenvalue weighted by Crippen LogP contribution is 2.25. The van der Waals surface area contributed by atoms with E-state index in [0.29, 0.717) is 35.3 Å². The zero-order chi connectivity index (χ0) is 19.6. The van der Waals surface area contributed by atoms with E-state index < -0.39 is 0 Å². The van der Waals surface area contributed by atoms with E-state index in [4.69, 9.17) is 0 Å². The summed E-state index contributed by atoms with van der Waals surface area (Å²) in [4.78, 5) is 32.1. The number of benzene rings is 2. The van der Waals surface area contributed by atoms with Crippen LogP contribution in [0.25, 0.3) is 10.9 Å². The van der Waals surface area contributed by atoms with Crippen molar-refractivity contribution in [1.29, 1.82) is 0 Å². The average molecular weight is 367 g/mol. The number of amides is 1. The third-order valence-electron chi connectivity index (χ3n) is 4.77. The Morgan fingerprint density at radius 2 is 1.81 bits per heavy atom. The van der Waals surface area contributed by atoms with E-state index in [-0.39, 0.29) is 23.3 Å². The molecule has 3 rings (SSSR count). The Labute approximate surface area is 157 Å². The van der Waals surface area contributed by atoms with Gasteiger partial charge in [-0.1, -0.05) is 19.1 Å². The van der Waals surface area contributed by atoms with E-state index in [1.807, 2.05) is 19.9 Å². The highest BCUT2D eigenvalue weighted by molar-refractivity contribution is 5.94. The standard InChI is InChI=1S/C21H22FN3O2/c1-4-18(25(5-2)20(26)14-10-12-15(22)13-11-14)19-23-17-9-7-6-8-16(17)21(27)24(19)3/h6-13,18H,4-5H2,1-3H3. The molecule has 0 aliphatic rings. The summed E-state index contributed by atoms with van der Waals surface area (Å²) in [7, 11) is 1.68. The van der Waals surface area contributed by atoms with Crippen LogP contribution < -0.4 is 5.56 Å². The zero-order valence-corrected chi connectivity index (χ0v) is 15.6. The number of carbonyl (C=O) groups is 1. The van der Waals surface area contributed by atoms with Gasteiger partial charge < -0.3 is 4.90 Å². The van der Waals surface area contributed by atoms with Gasteiger partial charge >= 0.3 is 0 Å². The first kappa shape index (κ1) is 18.8. The summed E-state index contributed by atoms with van der Waals surface area (Å²) in [5.41, 5.74) is 0.876. The van der Waals surface area contributed by atoms with E-state index in [2.05, 4.69) is 4.98 Å². The monoisotopic (exact) mass is 367 g/mol. The molecule has 3 aromatic rings. The van der Waals surface area contributed by atoms with Crippen LogP contribution in [-0.2, 0) is 7.05 Å². The highest BCUT2D eigenvalue weighted by Gasteiger charge is 2.27. The van der Waals surface area contributed by atoms with Crippen molar-refractivity contribution in [2.45, 2.75) is 26.3 Å². The maximum absolute atomic E-state index is 13.2. The molecule has 0 N–H and O–H groups in total. The number of aromatic nitrogens is 2. The zero-order valence-electron chi connectivity index (χ0n) is 15.6. The van der Waals surface area contributed by atoms with E-state index in [1.165, 1.54) is 28.8 Å². The van der Waals surface area contributed by atoms with Gasteiger partial charge in [0.15, 0.2) is 0 Å². The van der Waals surface area contributed by atoms with Gasteiger partial charge in [0.2, 0.25) is 0 Å². The van der Waals surface area contributed by atoms with Crippen LogP contribution >= 0.6 is 0 Å². The van der Waals surface area contributed by atoms with E-state index >= 15 is 0 Å². The highest BCUT2D eigenvalue weighted by atomic mass is 19.1. The minimum Gasteiger partial charge on any atom is -0.329 e. The Bertz CT molecular complexity index is 1030. The summed E-state index contributed by atoms with van der Waals surface area (Å²) in [6.45, 7) is 4.27. The van der Waals surface area contributed by atoms with Gasteiger partial charge in [-0.05, 0) is 49.7 Å². The maximum atomic E-state index is 13.2. The summed E-state index contributed by atoms with van der Waals surface area (Å²) < 4.78 is 14.7. The Hall–Kier alpha value is -3.02. The van der Waals surface area contributed by atoms with Gasteiger partial charge in [-0.2, -0.15) is 0 Å². The Morgan fingerprint density at radius 1 is 1.15 bits per heavy atom. The average Bonchev–Trinajstić information content (AvgIpc) is 2.69. The molecule has 140 valence electrons. The summed E-state index contributed by atoms with van der Waals surface area (Å²) in [5, 5.41) is 0.548. The van der Waals surface area contributed by atoms with Gasteiger partial charge in [-0.3, -0.25) is 14.2 Å². The fourth-order valence-electron chi connectivity index (χ4n) is 3.34. The molecule has 5 nitrogen and oxygen atoms in total. The van der Waals surface area contributed by atoms with Gasteiger partial charge in [0, 0.05) is 19.2 Å². The lowest BCUT2D eigenvalue weighted by Crippen LogP contribution is -2.38. The summed E-state index contributed by atoms with van der Waals surface area (Å²) in [6, 6.07) is 12.3. The number of nitrogens with zero attached hydrogens (tertiary/aromatic N) is 3. The van der Waals surface area contributed by atoms with Crippen molar-refractivity contribution in [3.05, 3.63) is 76.1 Å². The van der Waals surface area contributed by atoms with Crippen LogP contribution in [0.4, 0.5) is 4.39 Å². The quantitative estimate of drug-likeness (QED) is 0.691. The van der Waals surface area contributed by atoms with Crippen molar-refractivity contribution >= 4 is 16.8 Å². The summed E-state index contributed by atoms with van der Waals surface area (Å²) in [5.74, 6) is -0.0644. The Kier molecular flexibility index (Phi) is 5.35.